The second-order valence-electron chi connectivity index (χ2n) is 11.8. The molecular formula is C36H34Cl2F3N3O4S. The topological polar surface area (TPSA) is 86.8 Å². The van der Waals surface area contributed by atoms with Crippen molar-refractivity contribution in [2.75, 3.05) is 10.8 Å². The van der Waals surface area contributed by atoms with E-state index in [2.05, 4.69) is 5.32 Å². The van der Waals surface area contributed by atoms with Gasteiger partial charge in [-0.25, -0.2) is 8.42 Å². The Morgan fingerprint density at radius 1 is 0.837 bits per heavy atom. The number of hydrogen-bond donors (Lipinski definition) is 1. The lowest BCUT2D eigenvalue weighted by Gasteiger charge is -2.34. The van der Waals surface area contributed by atoms with Gasteiger partial charge >= 0.3 is 6.18 Å². The molecule has 5 rings (SSSR count). The van der Waals surface area contributed by atoms with Crippen LogP contribution in [-0.4, -0.2) is 43.8 Å². The van der Waals surface area contributed by atoms with E-state index in [0.717, 1.165) is 43.4 Å². The van der Waals surface area contributed by atoms with Crippen molar-refractivity contribution >= 4 is 50.7 Å². The van der Waals surface area contributed by atoms with E-state index in [-0.39, 0.29) is 28.9 Å². The zero-order valence-electron chi connectivity index (χ0n) is 26.2. The molecule has 0 radical (unpaired) electrons. The van der Waals surface area contributed by atoms with E-state index in [1.54, 1.807) is 42.5 Å². The Kier molecular flexibility index (Phi) is 11.6. The van der Waals surface area contributed by atoms with Gasteiger partial charge in [-0.2, -0.15) is 13.2 Å². The summed E-state index contributed by atoms with van der Waals surface area (Å²) in [6.07, 6.45) is -1.27. The summed E-state index contributed by atoms with van der Waals surface area (Å²) >= 11 is 12.5. The molecule has 0 aliphatic heterocycles. The van der Waals surface area contributed by atoms with E-state index in [1.165, 1.54) is 29.2 Å². The molecule has 1 saturated carbocycles. The number of benzene rings is 4. The highest BCUT2D eigenvalue weighted by atomic mass is 35.5. The highest BCUT2D eigenvalue weighted by molar-refractivity contribution is 7.92. The number of halogens is 5. The lowest BCUT2D eigenvalue weighted by atomic mass is 10.0. The summed E-state index contributed by atoms with van der Waals surface area (Å²) in [7, 11) is -4.65. The monoisotopic (exact) mass is 731 g/mol. The molecule has 0 heterocycles. The van der Waals surface area contributed by atoms with Gasteiger partial charge in [-0.1, -0.05) is 96.7 Å². The molecule has 0 bridgehead atoms. The molecule has 4 aromatic rings. The SMILES string of the molecule is O=C(NC1CCCC1)[C@H](Cc1ccccc1)N(Cc1ccc(Cl)cc1)C(=O)CN(c1cc(C(F)(F)F)ccc1Cl)S(=O)(=O)c1ccccc1. The maximum absolute atomic E-state index is 14.6. The molecule has 258 valence electrons. The largest absolute Gasteiger partial charge is 0.416 e. The third-order valence-electron chi connectivity index (χ3n) is 8.39. The molecule has 1 aliphatic carbocycles. The zero-order chi connectivity index (χ0) is 35.2. The maximum atomic E-state index is 14.6. The standard InChI is InChI=1S/C36H34Cl2F3N3O4S/c37-28-18-15-26(16-19-28)23-43(33(21-25-9-3-1-4-10-25)35(46)42-29-11-7-8-12-29)34(45)24-44(49(47,48)30-13-5-2-6-14-30)32-22-27(36(39,40)41)17-20-31(32)38/h1-6,9-10,13-20,22,29,33H,7-8,11-12,21,23-24H2,(H,42,46)/t33-/m0/s1. The Labute approximate surface area is 293 Å². The molecular weight excluding hydrogens is 698 g/mol. The number of carbonyl (C=O) groups excluding carboxylic acids is 2. The summed E-state index contributed by atoms with van der Waals surface area (Å²) in [4.78, 5) is 29.7. The second-order valence-corrected chi connectivity index (χ2v) is 14.5. The maximum Gasteiger partial charge on any atom is 0.416 e. The number of hydrogen-bond acceptors (Lipinski definition) is 4. The first kappa shape index (κ1) is 36.2. The van der Waals surface area contributed by atoms with Crippen molar-refractivity contribution in [3.05, 3.63) is 130 Å². The smallest absolute Gasteiger partial charge is 0.352 e. The molecule has 7 nitrogen and oxygen atoms in total. The molecule has 13 heteroatoms. The molecule has 1 aliphatic rings. The molecule has 0 spiro atoms. The van der Waals surface area contributed by atoms with E-state index in [1.807, 2.05) is 18.2 Å². The van der Waals surface area contributed by atoms with Gasteiger partial charge in [-0.05, 0) is 66.4 Å². The van der Waals surface area contributed by atoms with Crippen LogP contribution in [0, 0.1) is 0 Å². The van der Waals surface area contributed by atoms with Gasteiger partial charge < -0.3 is 10.2 Å². The minimum atomic E-state index is -4.83. The summed E-state index contributed by atoms with van der Waals surface area (Å²) in [5.74, 6) is -1.25. The van der Waals surface area contributed by atoms with Crippen molar-refractivity contribution in [3.63, 3.8) is 0 Å². The van der Waals surface area contributed by atoms with Crippen molar-refractivity contribution < 1.29 is 31.2 Å². The first-order valence-corrected chi connectivity index (χ1v) is 17.9. The van der Waals surface area contributed by atoms with Crippen LogP contribution in [0.15, 0.2) is 108 Å². The highest BCUT2D eigenvalue weighted by Gasteiger charge is 2.38. The fourth-order valence-corrected chi connectivity index (χ4v) is 7.66. The average molecular weight is 733 g/mol. The summed E-state index contributed by atoms with van der Waals surface area (Å²) in [5.41, 5.74) is -0.338. The van der Waals surface area contributed by atoms with Crippen molar-refractivity contribution in [2.24, 2.45) is 0 Å². The highest BCUT2D eigenvalue weighted by Crippen LogP contribution is 2.37. The second kappa shape index (κ2) is 15.7. The van der Waals surface area contributed by atoms with Crippen LogP contribution in [0.3, 0.4) is 0 Å². The van der Waals surface area contributed by atoms with Crippen LogP contribution in [0.2, 0.25) is 10.0 Å². The number of nitrogens with zero attached hydrogens (tertiary/aromatic N) is 2. The van der Waals surface area contributed by atoms with Crippen molar-refractivity contribution in [3.8, 4) is 0 Å². The van der Waals surface area contributed by atoms with Crippen molar-refractivity contribution in [1.82, 2.24) is 10.2 Å². The van der Waals surface area contributed by atoms with Gasteiger partial charge in [-0.3, -0.25) is 13.9 Å². The van der Waals surface area contributed by atoms with Gasteiger partial charge in [0, 0.05) is 24.0 Å². The fourth-order valence-electron chi connectivity index (χ4n) is 5.82. The van der Waals surface area contributed by atoms with E-state index in [4.69, 9.17) is 23.2 Å². The number of anilines is 1. The van der Waals surface area contributed by atoms with E-state index < -0.39 is 51.9 Å². The summed E-state index contributed by atoms with van der Waals surface area (Å²) in [6, 6.07) is 23.8. The van der Waals surface area contributed by atoms with Crippen LogP contribution in [0.4, 0.5) is 18.9 Å². The Balaban J connectivity index is 1.61. The van der Waals surface area contributed by atoms with E-state index in [0.29, 0.717) is 21.0 Å². The molecule has 1 atom stereocenters. The molecule has 1 N–H and O–H groups in total. The number of nitrogens with one attached hydrogen (secondary N) is 1. The van der Waals surface area contributed by atoms with Gasteiger partial charge in [0.2, 0.25) is 11.8 Å². The predicted molar refractivity (Wildman–Crippen MR) is 184 cm³/mol. The van der Waals surface area contributed by atoms with Crippen LogP contribution in [-0.2, 0) is 38.8 Å². The number of rotatable bonds is 12. The molecule has 1 fully saturated rings. The van der Waals surface area contributed by atoms with E-state index in [9.17, 15) is 31.2 Å². The predicted octanol–water partition coefficient (Wildman–Crippen LogP) is 7.91. The average Bonchev–Trinajstić information content (AvgIpc) is 3.59. The first-order chi connectivity index (χ1) is 23.3. The molecule has 4 aromatic carbocycles. The Bertz CT molecular complexity index is 1860. The summed E-state index contributed by atoms with van der Waals surface area (Å²) in [6.45, 7) is -1.07. The molecule has 0 unspecified atom stereocenters. The minimum Gasteiger partial charge on any atom is -0.352 e. The van der Waals surface area contributed by atoms with Crippen LogP contribution in [0.1, 0.15) is 42.4 Å². The number of amides is 2. The normalized spacial score (nSPS) is 14.3. The van der Waals surface area contributed by atoms with Gasteiger partial charge in [0.1, 0.15) is 12.6 Å². The van der Waals surface area contributed by atoms with Crippen LogP contribution < -0.4 is 9.62 Å². The van der Waals surface area contributed by atoms with Gasteiger partial charge in [0.15, 0.2) is 0 Å². The molecule has 49 heavy (non-hydrogen) atoms. The zero-order valence-corrected chi connectivity index (χ0v) is 28.6. The summed E-state index contributed by atoms with van der Waals surface area (Å²) < 4.78 is 70.5. The van der Waals surface area contributed by atoms with E-state index >= 15 is 0 Å². The molecule has 0 aromatic heterocycles. The fraction of sp³-hybridized carbons (Fsp3) is 0.278. The Morgan fingerprint density at radius 2 is 1.45 bits per heavy atom. The molecule has 2 amide bonds. The van der Waals surface area contributed by atoms with Crippen LogP contribution in [0.5, 0.6) is 0 Å². The van der Waals surface area contributed by atoms with Gasteiger partial charge in [0.25, 0.3) is 10.0 Å². The number of sulfonamides is 1. The quantitative estimate of drug-likeness (QED) is 0.161. The van der Waals surface area contributed by atoms with Gasteiger partial charge in [0.05, 0.1) is 21.2 Å². The Morgan fingerprint density at radius 3 is 2.06 bits per heavy atom. The van der Waals surface area contributed by atoms with Crippen molar-refractivity contribution in [1.29, 1.82) is 0 Å². The lowest BCUT2D eigenvalue weighted by Crippen LogP contribution is -2.54. The third-order valence-corrected chi connectivity index (χ3v) is 10.7. The van der Waals surface area contributed by atoms with Crippen LogP contribution in [0.25, 0.3) is 0 Å². The molecule has 0 saturated heterocycles. The minimum absolute atomic E-state index is 0.0860. The summed E-state index contributed by atoms with van der Waals surface area (Å²) in [5, 5.41) is 3.20. The first-order valence-electron chi connectivity index (χ1n) is 15.7. The Hall–Kier alpha value is -4.06. The van der Waals surface area contributed by atoms with Crippen molar-refractivity contribution in [2.45, 2.75) is 61.8 Å². The lowest BCUT2D eigenvalue weighted by molar-refractivity contribution is -0.140. The van der Waals surface area contributed by atoms with Crippen LogP contribution >= 0.6 is 23.2 Å². The third kappa shape index (κ3) is 9.14. The number of carbonyl (C=O) groups is 2. The van der Waals surface area contributed by atoms with Gasteiger partial charge in [-0.15, -0.1) is 0 Å². The number of alkyl halides is 3.